The fourth-order valence-corrected chi connectivity index (χ4v) is 5.86. The highest BCUT2D eigenvalue weighted by Crippen LogP contribution is 2.33. The predicted octanol–water partition coefficient (Wildman–Crippen LogP) is 7.64. The highest BCUT2D eigenvalue weighted by Gasteiger charge is 2.17. The first-order valence-electron chi connectivity index (χ1n) is 18.6. The van der Waals surface area contributed by atoms with Gasteiger partial charge in [-0.05, 0) is 41.8 Å². The number of carboxylic acid groups (broad SMARTS) is 1. The van der Waals surface area contributed by atoms with E-state index in [-0.39, 0.29) is 19.1 Å². The summed E-state index contributed by atoms with van der Waals surface area (Å²) in [5.41, 5.74) is 5.78. The minimum absolute atomic E-state index is 0.115. The number of imidazole rings is 1. The van der Waals surface area contributed by atoms with E-state index in [0.717, 1.165) is 52.4 Å². The van der Waals surface area contributed by atoms with E-state index in [9.17, 15) is 24.6 Å². The van der Waals surface area contributed by atoms with Gasteiger partial charge < -0.3 is 30.9 Å². The van der Waals surface area contributed by atoms with Crippen LogP contribution in [0.3, 0.4) is 0 Å². The topological polar surface area (TPSA) is 165 Å². The van der Waals surface area contributed by atoms with E-state index in [4.69, 9.17) is 10.1 Å². The van der Waals surface area contributed by atoms with Crippen molar-refractivity contribution < 1.29 is 29.7 Å². The Kier molecular flexibility index (Phi) is 16.7. The van der Waals surface area contributed by atoms with E-state index < -0.39 is 17.9 Å². The van der Waals surface area contributed by atoms with E-state index in [1.54, 1.807) is 36.4 Å². The van der Waals surface area contributed by atoms with Gasteiger partial charge in [0.1, 0.15) is 5.82 Å². The van der Waals surface area contributed by atoms with Crippen LogP contribution in [0.2, 0.25) is 0 Å². The number of aliphatic hydroxyl groups excluding tert-OH is 2. The Morgan fingerprint density at radius 3 is 1.79 bits per heavy atom. The normalized spacial score (nSPS) is 11.5. The molecule has 0 atom stereocenters. The van der Waals surface area contributed by atoms with Gasteiger partial charge in [0.15, 0.2) is 0 Å². The molecule has 1 aromatic heterocycles. The summed E-state index contributed by atoms with van der Waals surface area (Å²) >= 11 is 0. The summed E-state index contributed by atoms with van der Waals surface area (Å²) in [6.45, 7) is 2.16. The molecule has 0 saturated heterocycles. The van der Waals surface area contributed by atoms with Crippen molar-refractivity contribution in [1.82, 2.24) is 20.6 Å². The molecule has 0 aliphatic heterocycles. The standard InChI is InChI=1S/C43H52N4O6/c1-2-3-4-5-6-7-8-9-10-11-28-44-38(50)26-16-31-12-18-33(19-13-31)40-41(34-22-24-36(25-23-34)43(53)45-37(29-48)30-49)47-42(46-40)35-20-14-32(15-21-35)17-27-39(51)52/h12-27,37,48-49H,2-11,28-30H2,1H3,(H,44,50)(H,45,53)(H,46,47)(H,51,52). The molecule has 53 heavy (non-hydrogen) atoms. The average molecular weight is 721 g/mol. The van der Waals surface area contributed by atoms with Crippen molar-refractivity contribution in [3.05, 3.63) is 102 Å². The van der Waals surface area contributed by atoms with Gasteiger partial charge in [-0.2, -0.15) is 0 Å². The van der Waals surface area contributed by atoms with E-state index in [1.807, 2.05) is 48.5 Å². The molecule has 3 aromatic carbocycles. The molecule has 0 radical (unpaired) electrons. The second kappa shape index (κ2) is 21.9. The van der Waals surface area contributed by atoms with Crippen LogP contribution in [0.1, 0.15) is 92.6 Å². The second-order valence-corrected chi connectivity index (χ2v) is 13.1. The Hall–Kier alpha value is -5.32. The summed E-state index contributed by atoms with van der Waals surface area (Å²) in [4.78, 5) is 44.4. The van der Waals surface area contributed by atoms with E-state index in [2.05, 4.69) is 22.5 Å². The third kappa shape index (κ3) is 13.3. The first-order chi connectivity index (χ1) is 25.8. The number of hydrogen-bond acceptors (Lipinski definition) is 6. The summed E-state index contributed by atoms with van der Waals surface area (Å²) < 4.78 is 0. The molecule has 280 valence electrons. The van der Waals surface area contributed by atoms with Crippen LogP contribution in [0.5, 0.6) is 0 Å². The molecule has 0 aliphatic rings. The average Bonchev–Trinajstić information content (AvgIpc) is 3.63. The molecular formula is C43H52N4O6. The molecule has 0 fully saturated rings. The van der Waals surface area contributed by atoms with Gasteiger partial charge >= 0.3 is 5.97 Å². The number of amides is 2. The van der Waals surface area contributed by atoms with Crippen molar-refractivity contribution in [1.29, 1.82) is 0 Å². The number of rotatable bonds is 22. The fourth-order valence-electron chi connectivity index (χ4n) is 5.86. The lowest BCUT2D eigenvalue weighted by atomic mass is 10.0. The first-order valence-corrected chi connectivity index (χ1v) is 18.6. The number of benzene rings is 3. The number of carbonyl (C=O) groups is 3. The van der Waals surface area contributed by atoms with Crippen molar-refractivity contribution in [3.63, 3.8) is 0 Å². The lowest BCUT2D eigenvalue weighted by molar-refractivity contribution is -0.131. The first kappa shape index (κ1) is 40.5. The minimum Gasteiger partial charge on any atom is -0.478 e. The van der Waals surface area contributed by atoms with Crippen molar-refractivity contribution in [2.45, 2.75) is 77.2 Å². The molecule has 4 rings (SSSR count). The van der Waals surface area contributed by atoms with Crippen LogP contribution in [-0.4, -0.2) is 68.9 Å². The SMILES string of the molecule is CCCCCCCCCCCCNC(=O)C=Cc1ccc(-c2[nH]c(-c3ccc(C=CC(=O)O)cc3)nc2-c2ccc(C(=O)NC(CO)CO)cc2)cc1. The van der Waals surface area contributed by atoms with Crippen LogP contribution in [-0.2, 0) is 9.59 Å². The van der Waals surface area contributed by atoms with Crippen LogP contribution in [0.25, 0.3) is 46.1 Å². The minimum atomic E-state index is -1.02. The molecule has 0 saturated carbocycles. The highest BCUT2D eigenvalue weighted by atomic mass is 16.4. The van der Waals surface area contributed by atoms with E-state index in [1.165, 1.54) is 57.4 Å². The number of nitrogens with one attached hydrogen (secondary N) is 3. The summed E-state index contributed by atoms with van der Waals surface area (Å²) in [6.07, 6.45) is 18.5. The Labute approximate surface area is 312 Å². The maximum absolute atomic E-state index is 12.7. The van der Waals surface area contributed by atoms with Gasteiger partial charge in [0.25, 0.3) is 5.91 Å². The summed E-state index contributed by atoms with van der Waals surface area (Å²) in [5, 5.41) is 33.2. The van der Waals surface area contributed by atoms with Crippen LogP contribution in [0, 0.1) is 0 Å². The highest BCUT2D eigenvalue weighted by molar-refractivity contribution is 5.95. The number of hydrogen-bond donors (Lipinski definition) is 6. The van der Waals surface area contributed by atoms with Crippen molar-refractivity contribution in [2.75, 3.05) is 19.8 Å². The third-order valence-corrected chi connectivity index (χ3v) is 8.96. The lowest BCUT2D eigenvalue weighted by Gasteiger charge is -2.13. The maximum Gasteiger partial charge on any atom is 0.328 e. The molecule has 1 heterocycles. The molecule has 2 amide bonds. The van der Waals surface area contributed by atoms with Gasteiger partial charge in [-0.3, -0.25) is 9.59 Å². The molecule has 10 nitrogen and oxygen atoms in total. The predicted molar refractivity (Wildman–Crippen MR) is 211 cm³/mol. The fraction of sp³-hybridized carbons (Fsp3) is 0.349. The quantitative estimate of drug-likeness (QED) is 0.0359. The zero-order chi connectivity index (χ0) is 37.8. The number of aliphatic carboxylic acids is 1. The van der Waals surface area contributed by atoms with E-state index in [0.29, 0.717) is 23.6 Å². The smallest absolute Gasteiger partial charge is 0.328 e. The van der Waals surface area contributed by atoms with Crippen LogP contribution in [0.4, 0.5) is 0 Å². The maximum atomic E-state index is 12.7. The van der Waals surface area contributed by atoms with Gasteiger partial charge in [-0.15, -0.1) is 0 Å². The molecule has 0 spiro atoms. The number of H-pyrrole nitrogens is 1. The van der Waals surface area contributed by atoms with Gasteiger partial charge in [-0.1, -0.05) is 125 Å². The molecule has 6 N–H and O–H groups in total. The molecule has 4 aromatic rings. The number of aromatic nitrogens is 2. The van der Waals surface area contributed by atoms with Crippen molar-refractivity contribution in [3.8, 4) is 33.9 Å². The van der Waals surface area contributed by atoms with Gasteiger partial charge in [-0.25, -0.2) is 9.78 Å². The molecule has 0 unspecified atom stereocenters. The Balaban J connectivity index is 1.43. The zero-order valence-corrected chi connectivity index (χ0v) is 30.5. The Bertz CT molecular complexity index is 1790. The van der Waals surface area contributed by atoms with Gasteiger partial charge in [0, 0.05) is 41.0 Å². The second-order valence-electron chi connectivity index (χ2n) is 13.1. The third-order valence-electron chi connectivity index (χ3n) is 8.96. The monoisotopic (exact) mass is 720 g/mol. The largest absolute Gasteiger partial charge is 0.478 e. The number of carbonyl (C=O) groups excluding carboxylic acids is 2. The summed E-state index contributed by atoms with van der Waals surface area (Å²) in [6, 6.07) is 21.2. The zero-order valence-electron chi connectivity index (χ0n) is 30.5. The van der Waals surface area contributed by atoms with Crippen LogP contribution >= 0.6 is 0 Å². The molecular weight excluding hydrogens is 668 g/mol. The molecule has 10 heteroatoms. The lowest BCUT2D eigenvalue weighted by Crippen LogP contribution is -2.40. The number of aromatic amines is 1. The van der Waals surface area contributed by atoms with Crippen LogP contribution < -0.4 is 10.6 Å². The Morgan fingerprint density at radius 1 is 0.698 bits per heavy atom. The summed E-state index contributed by atoms with van der Waals surface area (Å²) in [5.74, 6) is -0.956. The van der Waals surface area contributed by atoms with E-state index >= 15 is 0 Å². The van der Waals surface area contributed by atoms with Crippen molar-refractivity contribution in [2.24, 2.45) is 0 Å². The van der Waals surface area contributed by atoms with Crippen molar-refractivity contribution >= 4 is 29.9 Å². The number of aliphatic hydroxyl groups is 2. The molecule has 0 bridgehead atoms. The van der Waals surface area contributed by atoms with Gasteiger partial charge in [0.2, 0.25) is 5.91 Å². The van der Waals surface area contributed by atoms with Gasteiger partial charge in [0.05, 0.1) is 30.6 Å². The summed E-state index contributed by atoms with van der Waals surface area (Å²) in [7, 11) is 0. The molecule has 0 aliphatic carbocycles. The Morgan fingerprint density at radius 2 is 1.23 bits per heavy atom. The van der Waals surface area contributed by atoms with Crippen LogP contribution in [0.15, 0.2) is 84.9 Å². The number of unbranched alkanes of at least 4 members (excludes halogenated alkanes) is 9. The number of nitrogens with zero attached hydrogens (tertiary/aromatic N) is 1. The number of carboxylic acids is 1.